The van der Waals surface area contributed by atoms with Crippen LogP contribution < -0.4 is 0 Å². The van der Waals surface area contributed by atoms with E-state index < -0.39 is 5.97 Å². The molecule has 1 rings (SSSR count). The summed E-state index contributed by atoms with van der Waals surface area (Å²) in [5, 5.41) is 8.70. The molecule has 0 saturated heterocycles. The average molecular weight is 243 g/mol. The van der Waals surface area contributed by atoms with Crippen LogP contribution in [0.1, 0.15) is 46.0 Å². The summed E-state index contributed by atoms with van der Waals surface area (Å²) in [6, 6.07) is 0. The van der Waals surface area contributed by atoms with Gasteiger partial charge in [0, 0.05) is 6.42 Å². The van der Waals surface area contributed by atoms with Crippen molar-refractivity contribution in [3.8, 4) is 0 Å². The Morgan fingerprint density at radius 2 is 2.08 bits per heavy atom. The third-order valence-corrected chi connectivity index (χ3v) is 3.15. The van der Waals surface area contributed by atoms with Gasteiger partial charge in [0.25, 0.3) is 0 Å². The first kappa shape index (κ1) is 13.1. The third kappa shape index (κ3) is 3.77. The molecule has 0 aromatic carbocycles. The number of carboxylic acids is 1. The predicted molar refractivity (Wildman–Crippen MR) is 57.9 cm³/mol. The molecule has 1 aliphatic carbocycles. The van der Waals surface area contributed by atoms with Crippen LogP contribution in [0.2, 0.25) is 0 Å². The van der Waals surface area contributed by atoms with Crippen LogP contribution in [0.4, 0.5) is 0 Å². The number of rotatable bonds is 2. The van der Waals surface area contributed by atoms with Crippen molar-refractivity contribution in [2.75, 3.05) is 0 Å². The average Bonchev–Trinajstić information content (AvgIpc) is 1.92. The maximum atomic E-state index is 10.6. The van der Waals surface area contributed by atoms with Gasteiger partial charge in [-0.3, -0.25) is 4.79 Å². The molecule has 0 bridgehead atoms. The molecule has 0 spiro atoms. The van der Waals surface area contributed by atoms with Crippen LogP contribution in [0.3, 0.4) is 0 Å². The van der Waals surface area contributed by atoms with E-state index in [4.69, 9.17) is 5.11 Å². The predicted octanol–water partition coefficient (Wildman–Crippen LogP) is 1.49. The Morgan fingerprint density at radius 3 is 2.54 bits per heavy atom. The van der Waals surface area contributed by atoms with Crippen molar-refractivity contribution in [2.45, 2.75) is 46.0 Å². The Kier molecular flexibility index (Phi) is 5.14. The molecule has 0 aromatic rings. The van der Waals surface area contributed by atoms with Crippen molar-refractivity contribution in [1.82, 2.24) is 0 Å². The molecule has 1 saturated carbocycles. The van der Waals surface area contributed by atoms with Crippen molar-refractivity contribution < 1.29 is 9.90 Å². The van der Waals surface area contributed by atoms with Crippen LogP contribution in [-0.4, -0.2) is 30.9 Å². The number of carboxylic acid groups (broad SMARTS) is 1. The summed E-state index contributed by atoms with van der Waals surface area (Å²) >= 11 is 0. The van der Waals surface area contributed by atoms with Crippen LogP contribution in [0, 0.1) is 11.3 Å². The van der Waals surface area contributed by atoms with Gasteiger partial charge in [-0.05, 0) is 24.2 Å². The van der Waals surface area contributed by atoms with E-state index in [2.05, 4.69) is 13.8 Å². The molecular formula is C10H21GaO2. The van der Waals surface area contributed by atoms with Crippen LogP contribution in [0.5, 0.6) is 0 Å². The van der Waals surface area contributed by atoms with Gasteiger partial charge in [0.2, 0.25) is 0 Å². The second-order valence-electron chi connectivity index (χ2n) is 4.53. The van der Waals surface area contributed by atoms with E-state index in [0.29, 0.717) is 12.3 Å². The molecule has 0 heterocycles. The van der Waals surface area contributed by atoms with Gasteiger partial charge in [-0.15, -0.1) is 0 Å². The second kappa shape index (κ2) is 5.10. The van der Waals surface area contributed by atoms with Gasteiger partial charge in [0.15, 0.2) is 0 Å². The Bertz CT molecular complexity index is 178. The summed E-state index contributed by atoms with van der Waals surface area (Å²) in [6.07, 6.45) is 5.11. The quantitative estimate of drug-likeness (QED) is 0.746. The van der Waals surface area contributed by atoms with Gasteiger partial charge in [-0.25, -0.2) is 0 Å². The third-order valence-electron chi connectivity index (χ3n) is 3.15. The van der Waals surface area contributed by atoms with Crippen LogP contribution in [-0.2, 0) is 4.79 Å². The van der Waals surface area contributed by atoms with E-state index in [9.17, 15) is 4.79 Å². The van der Waals surface area contributed by atoms with E-state index in [1.165, 1.54) is 19.3 Å². The first-order chi connectivity index (χ1) is 5.52. The summed E-state index contributed by atoms with van der Waals surface area (Å²) in [5.74, 6) is -0.251. The summed E-state index contributed by atoms with van der Waals surface area (Å²) in [7, 11) is 0. The number of hydrogen-bond acceptors (Lipinski definition) is 1. The zero-order valence-corrected chi connectivity index (χ0v) is 7.97. The van der Waals surface area contributed by atoms with E-state index in [1.807, 2.05) is 0 Å². The number of carbonyl (C=O) groups is 1. The maximum absolute atomic E-state index is 10.6. The van der Waals surface area contributed by atoms with E-state index >= 15 is 0 Å². The molecule has 1 aliphatic rings. The standard InChI is InChI=1S/C10H18O2.Ga.3H/c1-10(2)6-4-3-5-8(10)7-9(11)12;;;;/h8H,3-7H2,1-2H3,(H,11,12);;;;. The molecule has 2 nitrogen and oxygen atoms in total. The normalized spacial score (nSPS) is 26.2. The van der Waals surface area contributed by atoms with E-state index in [0.717, 1.165) is 6.42 Å². The summed E-state index contributed by atoms with van der Waals surface area (Å²) < 4.78 is 0. The van der Waals surface area contributed by atoms with Crippen molar-refractivity contribution >= 4 is 25.8 Å². The van der Waals surface area contributed by atoms with Crippen LogP contribution in [0.25, 0.3) is 0 Å². The van der Waals surface area contributed by atoms with Crippen molar-refractivity contribution in [3.63, 3.8) is 0 Å². The molecule has 0 aromatic heterocycles. The molecular weight excluding hydrogens is 222 g/mol. The van der Waals surface area contributed by atoms with Crippen molar-refractivity contribution in [1.29, 1.82) is 0 Å². The molecule has 3 heteroatoms. The fourth-order valence-electron chi connectivity index (χ4n) is 2.16. The van der Waals surface area contributed by atoms with Crippen molar-refractivity contribution in [3.05, 3.63) is 0 Å². The van der Waals surface area contributed by atoms with Crippen molar-refractivity contribution in [2.24, 2.45) is 11.3 Å². The van der Waals surface area contributed by atoms with Gasteiger partial charge >= 0.3 is 25.8 Å². The topological polar surface area (TPSA) is 37.3 Å². The molecule has 1 fully saturated rings. The first-order valence-electron chi connectivity index (χ1n) is 4.74. The SMILES string of the molecule is CC1(C)CCCCC1CC(=O)O.[GaH3]. The molecule has 0 amide bonds. The Balaban J connectivity index is 0.00000144. The Labute approximate surface area is 93.2 Å². The summed E-state index contributed by atoms with van der Waals surface area (Å²) in [4.78, 5) is 10.6. The fraction of sp³-hybridized carbons (Fsp3) is 0.900. The first-order valence-corrected chi connectivity index (χ1v) is 4.74. The summed E-state index contributed by atoms with van der Waals surface area (Å²) in [6.45, 7) is 4.39. The Morgan fingerprint density at radius 1 is 1.46 bits per heavy atom. The van der Waals surface area contributed by atoms with E-state index in [-0.39, 0.29) is 25.2 Å². The van der Waals surface area contributed by atoms with Gasteiger partial charge in [0.05, 0.1) is 0 Å². The van der Waals surface area contributed by atoms with Crippen LogP contribution >= 0.6 is 0 Å². The zero-order chi connectivity index (χ0) is 9.19. The molecule has 0 radical (unpaired) electrons. The monoisotopic (exact) mass is 242 g/mol. The summed E-state index contributed by atoms with van der Waals surface area (Å²) in [5.41, 5.74) is 0.247. The molecule has 0 aliphatic heterocycles. The zero-order valence-electron chi connectivity index (χ0n) is 7.97. The number of hydrogen-bond donors (Lipinski definition) is 1. The molecule has 1 atom stereocenters. The number of aliphatic carboxylic acids is 1. The Hall–Kier alpha value is 0.106. The minimum absolute atomic E-state index is 0. The van der Waals surface area contributed by atoms with Gasteiger partial charge in [-0.2, -0.15) is 0 Å². The molecule has 1 N–H and O–H groups in total. The van der Waals surface area contributed by atoms with Gasteiger partial charge in [0.1, 0.15) is 0 Å². The molecule has 1 unspecified atom stereocenters. The van der Waals surface area contributed by atoms with E-state index in [1.54, 1.807) is 0 Å². The second-order valence-corrected chi connectivity index (χ2v) is 4.53. The fourth-order valence-corrected chi connectivity index (χ4v) is 2.16. The van der Waals surface area contributed by atoms with Gasteiger partial charge in [-0.1, -0.05) is 26.7 Å². The minimum atomic E-state index is -0.644. The van der Waals surface area contributed by atoms with Gasteiger partial charge < -0.3 is 5.11 Å². The molecule has 76 valence electrons. The van der Waals surface area contributed by atoms with Crippen LogP contribution in [0.15, 0.2) is 0 Å². The molecule has 13 heavy (non-hydrogen) atoms.